The highest BCUT2D eigenvalue weighted by molar-refractivity contribution is 5.87. The molecule has 28 heavy (non-hydrogen) atoms. The predicted molar refractivity (Wildman–Crippen MR) is 114 cm³/mol. The van der Waals surface area contributed by atoms with E-state index in [0.29, 0.717) is 12.0 Å². The first kappa shape index (κ1) is 18.6. The maximum absolute atomic E-state index is 4.89. The van der Waals surface area contributed by atoms with Crippen LogP contribution in [0.2, 0.25) is 0 Å². The highest BCUT2D eigenvalue weighted by Gasteiger charge is 2.27. The standard InChI is InChI=1S/C22H28N6/c1-4-18-16(7-5-11-23-18)15-25-20-17-8-6-12-24-19(17)26-21(27-20)28-13-9-22(2,3)10-14-28/h5-8,11-12H,4,9-10,13-15H2,1-3H3,(H,24,25,26,27). The lowest BCUT2D eigenvalue weighted by molar-refractivity contribution is 0.278. The number of nitrogens with zero attached hydrogens (tertiary/aromatic N) is 5. The molecule has 4 heterocycles. The van der Waals surface area contributed by atoms with Crippen LogP contribution >= 0.6 is 0 Å². The first-order chi connectivity index (χ1) is 13.6. The Hall–Kier alpha value is -2.76. The maximum atomic E-state index is 4.89. The minimum atomic E-state index is 0.392. The van der Waals surface area contributed by atoms with E-state index in [0.717, 1.165) is 60.8 Å². The van der Waals surface area contributed by atoms with E-state index < -0.39 is 0 Å². The lowest BCUT2D eigenvalue weighted by atomic mass is 9.83. The number of nitrogens with one attached hydrogen (secondary N) is 1. The van der Waals surface area contributed by atoms with Gasteiger partial charge in [-0.3, -0.25) is 4.98 Å². The second-order valence-electron chi connectivity index (χ2n) is 8.21. The van der Waals surface area contributed by atoms with Crippen molar-refractivity contribution in [1.29, 1.82) is 0 Å². The van der Waals surface area contributed by atoms with E-state index >= 15 is 0 Å². The first-order valence-electron chi connectivity index (χ1n) is 10.1. The van der Waals surface area contributed by atoms with Crippen molar-refractivity contribution >= 4 is 22.8 Å². The van der Waals surface area contributed by atoms with E-state index in [1.54, 1.807) is 6.20 Å². The molecule has 0 atom stereocenters. The largest absolute Gasteiger partial charge is 0.365 e. The lowest BCUT2D eigenvalue weighted by Crippen LogP contribution is -2.38. The molecule has 146 valence electrons. The summed E-state index contributed by atoms with van der Waals surface area (Å²) in [7, 11) is 0. The molecule has 0 aromatic carbocycles. The molecule has 4 rings (SSSR count). The number of pyridine rings is 2. The number of piperidine rings is 1. The molecule has 1 saturated heterocycles. The molecule has 6 heteroatoms. The summed E-state index contributed by atoms with van der Waals surface area (Å²) in [6.07, 6.45) is 6.85. The minimum Gasteiger partial charge on any atom is -0.365 e. The van der Waals surface area contributed by atoms with Gasteiger partial charge in [0.1, 0.15) is 5.82 Å². The average Bonchev–Trinajstić information content (AvgIpc) is 2.72. The molecule has 0 spiro atoms. The zero-order valence-corrected chi connectivity index (χ0v) is 16.9. The van der Waals surface area contributed by atoms with Gasteiger partial charge in [-0.2, -0.15) is 9.97 Å². The van der Waals surface area contributed by atoms with Crippen LogP contribution in [0, 0.1) is 5.41 Å². The van der Waals surface area contributed by atoms with Gasteiger partial charge in [0.25, 0.3) is 0 Å². The van der Waals surface area contributed by atoms with Gasteiger partial charge in [0, 0.05) is 37.7 Å². The van der Waals surface area contributed by atoms with Crippen molar-refractivity contribution < 1.29 is 0 Å². The van der Waals surface area contributed by atoms with E-state index in [1.807, 2.05) is 24.4 Å². The van der Waals surface area contributed by atoms with Crippen molar-refractivity contribution in [2.75, 3.05) is 23.3 Å². The molecule has 1 aliphatic rings. The Kier molecular flexibility index (Phi) is 5.11. The van der Waals surface area contributed by atoms with Gasteiger partial charge in [-0.25, -0.2) is 4.98 Å². The third-order valence-corrected chi connectivity index (χ3v) is 5.63. The molecule has 0 radical (unpaired) electrons. The van der Waals surface area contributed by atoms with E-state index in [9.17, 15) is 0 Å². The zero-order chi connectivity index (χ0) is 19.6. The van der Waals surface area contributed by atoms with Gasteiger partial charge in [0.2, 0.25) is 5.95 Å². The Morgan fingerprint density at radius 2 is 1.79 bits per heavy atom. The van der Waals surface area contributed by atoms with Crippen molar-refractivity contribution in [3.8, 4) is 0 Å². The number of anilines is 2. The maximum Gasteiger partial charge on any atom is 0.229 e. The molecule has 0 saturated carbocycles. The fourth-order valence-electron chi connectivity index (χ4n) is 3.67. The molecule has 0 bridgehead atoms. The van der Waals surface area contributed by atoms with Crippen LogP contribution in [0.5, 0.6) is 0 Å². The SMILES string of the molecule is CCc1ncccc1CNc1nc(N2CCC(C)(C)CC2)nc2ncccc12. The fraction of sp³-hybridized carbons (Fsp3) is 0.455. The van der Waals surface area contributed by atoms with Crippen LogP contribution in [0.15, 0.2) is 36.7 Å². The number of fused-ring (bicyclic) bond motifs is 1. The van der Waals surface area contributed by atoms with Crippen molar-refractivity contribution in [2.45, 2.75) is 46.6 Å². The van der Waals surface area contributed by atoms with Crippen LogP contribution in [0.1, 0.15) is 44.9 Å². The second-order valence-corrected chi connectivity index (χ2v) is 8.21. The van der Waals surface area contributed by atoms with Crippen molar-refractivity contribution in [2.24, 2.45) is 5.41 Å². The van der Waals surface area contributed by atoms with Gasteiger partial charge >= 0.3 is 0 Å². The summed E-state index contributed by atoms with van der Waals surface area (Å²) in [6.45, 7) is 9.44. The number of hydrogen-bond acceptors (Lipinski definition) is 6. The van der Waals surface area contributed by atoms with Crippen LogP contribution in [0.25, 0.3) is 11.0 Å². The summed E-state index contributed by atoms with van der Waals surface area (Å²) in [5.41, 5.74) is 3.44. The second kappa shape index (κ2) is 7.70. The third-order valence-electron chi connectivity index (χ3n) is 5.63. The number of aromatic nitrogens is 4. The molecule has 1 N–H and O–H groups in total. The van der Waals surface area contributed by atoms with E-state index in [2.05, 4.69) is 47.0 Å². The lowest BCUT2D eigenvalue weighted by Gasteiger charge is -2.37. The summed E-state index contributed by atoms with van der Waals surface area (Å²) in [5, 5.41) is 4.47. The van der Waals surface area contributed by atoms with Gasteiger partial charge in [-0.05, 0) is 48.4 Å². The molecule has 0 unspecified atom stereocenters. The average molecular weight is 377 g/mol. The molecule has 0 aliphatic carbocycles. The Balaban J connectivity index is 1.63. The highest BCUT2D eigenvalue weighted by Crippen LogP contribution is 2.32. The third kappa shape index (κ3) is 3.91. The summed E-state index contributed by atoms with van der Waals surface area (Å²) in [6, 6.07) is 8.06. The number of hydrogen-bond donors (Lipinski definition) is 1. The van der Waals surface area contributed by atoms with Gasteiger partial charge in [0.05, 0.1) is 5.39 Å². The minimum absolute atomic E-state index is 0.392. The van der Waals surface area contributed by atoms with Gasteiger partial charge in [-0.1, -0.05) is 26.8 Å². The molecule has 3 aromatic rings. The smallest absolute Gasteiger partial charge is 0.229 e. The van der Waals surface area contributed by atoms with Crippen molar-refractivity contribution in [1.82, 2.24) is 19.9 Å². The fourth-order valence-corrected chi connectivity index (χ4v) is 3.67. The molecule has 1 aliphatic heterocycles. The monoisotopic (exact) mass is 376 g/mol. The predicted octanol–water partition coefficient (Wildman–Crippen LogP) is 4.22. The molecule has 3 aromatic heterocycles. The van der Waals surface area contributed by atoms with Gasteiger partial charge in [-0.15, -0.1) is 0 Å². The highest BCUT2D eigenvalue weighted by atomic mass is 15.3. The van der Waals surface area contributed by atoms with E-state index in [1.165, 1.54) is 5.56 Å². The molecule has 1 fully saturated rings. The summed E-state index contributed by atoms with van der Waals surface area (Å²) < 4.78 is 0. The Bertz CT molecular complexity index is 958. The molecular formula is C22H28N6. The zero-order valence-electron chi connectivity index (χ0n) is 16.9. The summed E-state index contributed by atoms with van der Waals surface area (Å²) in [4.78, 5) is 20.9. The molecule has 0 amide bonds. The van der Waals surface area contributed by atoms with Crippen LogP contribution in [0.3, 0.4) is 0 Å². The Morgan fingerprint density at radius 3 is 2.57 bits per heavy atom. The summed E-state index contributed by atoms with van der Waals surface area (Å²) >= 11 is 0. The van der Waals surface area contributed by atoms with Crippen molar-refractivity contribution in [3.05, 3.63) is 47.9 Å². The molecule has 6 nitrogen and oxygen atoms in total. The van der Waals surface area contributed by atoms with E-state index in [-0.39, 0.29) is 0 Å². The van der Waals surface area contributed by atoms with E-state index in [4.69, 9.17) is 9.97 Å². The van der Waals surface area contributed by atoms with Gasteiger partial charge < -0.3 is 10.2 Å². The van der Waals surface area contributed by atoms with Crippen LogP contribution < -0.4 is 10.2 Å². The van der Waals surface area contributed by atoms with Crippen LogP contribution in [-0.2, 0) is 13.0 Å². The number of aryl methyl sites for hydroxylation is 1. The normalized spacial score (nSPS) is 16.3. The first-order valence-corrected chi connectivity index (χ1v) is 10.1. The summed E-state index contributed by atoms with van der Waals surface area (Å²) in [5.74, 6) is 1.61. The van der Waals surface area contributed by atoms with Crippen LogP contribution in [-0.4, -0.2) is 33.0 Å². The topological polar surface area (TPSA) is 66.8 Å². The Labute approximate surface area is 166 Å². The molecular weight excluding hydrogens is 348 g/mol. The Morgan fingerprint density at radius 1 is 1.04 bits per heavy atom. The number of rotatable bonds is 5. The van der Waals surface area contributed by atoms with Crippen LogP contribution in [0.4, 0.5) is 11.8 Å². The van der Waals surface area contributed by atoms with Gasteiger partial charge in [0.15, 0.2) is 5.65 Å². The quantitative estimate of drug-likeness (QED) is 0.719. The van der Waals surface area contributed by atoms with Crippen molar-refractivity contribution in [3.63, 3.8) is 0 Å².